The Kier molecular flexibility index (Phi) is 4.89. The first kappa shape index (κ1) is 15.4. The van der Waals surface area contributed by atoms with Crippen molar-refractivity contribution in [1.82, 2.24) is 5.32 Å². The smallest absolute Gasteiger partial charge is 0.258 e. The van der Waals surface area contributed by atoms with Gasteiger partial charge in [0.1, 0.15) is 0 Å². The first-order chi connectivity index (χ1) is 8.69. The molecule has 0 spiro atoms. The largest absolute Gasteiger partial charge is 0.481 e. The summed E-state index contributed by atoms with van der Waals surface area (Å²) in [5.74, 6) is -0.915. The second-order valence-corrected chi connectivity index (χ2v) is 5.45. The van der Waals surface area contributed by atoms with E-state index < -0.39 is 11.9 Å². The molecule has 0 bridgehead atoms. The van der Waals surface area contributed by atoms with E-state index in [1.54, 1.807) is 13.0 Å². The van der Waals surface area contributed by atoms with Gasteiger partial charge in [-0.1, -0.05) is 6.07 Å². The van der Waals surface area contributed by atoms with E-state index in [9.17, 15) is 14.3 Å². The summed E-state index contributed by atoms with van der Waals surface area (Å²) in [6, 6.07) is 4.16. The van der Waals surface area contributed by atoms with Gasteiger partial charge in [0.2, 0.25) is 0 Å². The van der Waals surface area contributed by atoms with E-state index in [0.29, 0.717) is 5.56 Å². The molecule has 0 saturated heterocycles. The van der Waals surface area contributed by atoms with Crippen LogP contribution in [0, 0.1) is 5.82 Å². The van der Waals surface area contributed by atoms with Crippen LogP contribution in [0.2, 0.25) is 0 Å². The number of ether oxygens (including phenoxy) is 1. The third-order valence-corrected chi connectivity index (χ3v) is 2.31. The number of amides is 1. The molecule has 4 nitrogen and oxygen atoms in total. The molecule has 0 radical (unpaired) electrons. The molecule has 1 aromatic carbocycles. The molecular formula is C14H20FNO3. The van der Waals surface area contributed by atoms with Gasteiger partial charge in [0, 0.05) is 5.54 Å². The standard InChI is InChI=1S/C14H20FNO3/c1-9(17)10-5-6-12(11(15)7-10)19-8-13(18)16-14(2,3)4/h5-7,9,17H,8H2,1-4H3,(H,16,18). The van der Waals surface area contributed by atoms with Crippen LogP contribution in [0.15, 0.2) is 18.2 Å². The summed E-state index contributed by atoms with van der Waals surface area (Å²) in [7, 11) is 0. The molecule has 0 aliphatic rings. The molecule has 1 amide bonds. The van der Waals surface area contributed by atoms with Crippen molar-refractivity contribution in [2.75, 3.05) is 6.61 Å². The van der Waals surface area contributed by atoms with E-state index >= 15 is 0 Å². The SMILES string of the molecule is CC(O)c1ccc(OCC(=O)NC(C)(C)C)c(F)c1. The van der Waals surface area contributed by atoms with Crippen LogP contribution in [0.1, 0.15) is 39.4 Å². The monoisotopic (exact) mass is 269 g/mol. The Morgan fingerprint density at radius 2 is 2.11 bits per heavy atom. The molecule has 1 unspecified atom stereocenters. The Bertz CT molecular complexity index is 452. The average molecular weight is 269 g/mol. The molecule has 0 heterocycles. The van der Waals surface area contributed by atoms with Gasteiger partial charge < -0.3 is 15.2 Å². The maximum atomic E-state index is 13.6. The Morgan fingerprint density at radius 3 is 2.58 bits per heavy atom. The number of carbonyl (C=O) groups is 1. The Morgan fingerprint density at radius 1 is 1.47 bits per heavy atom. The van der Waals surface area contributed by atoms with Gasteiger partial charge in [-0.25, -0.2) is 4.39 Å². The van der Waals surface area contributed by atoms with Gasteiger partial charge >= 0.3 is 0 Å². The van der Waals surface area contributed by atoms with Gasteiger partial charge in [0.25, 0.3) is 5.91 Å². The van der Waals surface area contributed by atoms with Crippen LogP contribution in [-0.4, -0.2) is 23.2 Å². The molecule has 2 N–H and O–H groups in total. The van der Waals surface area contributed by atoms with Gasteiger partial charge in [-0.2, -0.15) is 0 Å². The van der Waals surface area contributed by atoms with Crippen molar-refractivity contribution in [3.05, 3.63) is 29.6 Å². The van der Waals surface area contributed by atoms with Crippen molar-refractivity contribution in [2.45, 2.75) is 39.3 Å². The summed E-state index contributed by atoms with van der Waals surface area (Å²) < 4.78 is 18.7. The lowest BCUT2D eigenvalue weighted by molar-refractivity contribution is -0.124. The van der Waals surface area contributed by atoms with Gasteiger partial charge in [-0.05, 0) is 45.4 Å². The fourth-order valence-electron chi connectivity index (χ4n) is 1.49. The topological polar surface area (TPSA) is 58.6 Å². The fourth-order valence-corrected chi connectivity index (χ4v) is 1.49. The number of nitrogens with one attached hydrogen (secondary N) is 1. The minimum Gasteiger partial charge on any atom is -0.481 e. The summed E-state index contributed by atoms with van der Waals surface area (Å²) in [6.07, 6.45) is -0.743. The van der Waals surface area contributed by atoms with Crippen molar-refractivity contribution in [3.63, 3.8) is 0 Å². The maximum Gasteiger partial charge on any atom is 0.258 e. The molecule has 19 heavy (non-hydrogen) atoms. The summed E-state index contributed by atoms with van der Waals surface area (Å²) >= 11 is 0. The summed E-state index contributed by atoms with van der Waals surface area (Å²) in [5.41, 5.74) is 0.110. The van der Waals surface area contributed by atoms with E-state index in [1.807, 2.05) is 20.8 Å². The van der Waals surface area contributed by atoms with Crippen molar-refractivity contribution in [1.29, 1.82) is 0 Å². The first-order valence-electron chi connectivity index (χ1n) is 6.10. The number of carbonyl (C=O) groups excluding carboxylic acids is 1. The Labute approximate surface area is 112 Å². The number of hydrogen-bond acceptors (Lipinski definition) is 3. The number of halogens is 1. The van der Waals surface area contributed by atoms with Crippen LogP contribution in [0.4, 0.5) is 4.39 Å². The van der Waals surface area contributed by atoms with Crippen molar-refractivity contribution in [3.8, 4) is 5.75 Å². The normalized spacial score (nSPS) is 12.9. The molecule has 0 aliphatic carbocycles. The molecule has 1 atom stereocenters. The van der Waals surface area contributed by atoms with Gasteiger partial charge in [0.15, 0.2) is 18.2 Å². The maximum absolute atomic E-state index is 13.6. The minimum atomic E-state index is -0.743. The summed E-state index contributed by atoms with van der Waals surface area (Å²) in [4.78, 5) is 11.5. The highest BCUT2D eigenvalue weighted by Gasteiger charge is 2.15. The highest BCUT2D eigenvalue weighted by molar-refractivity contribution is 5.78. The quantitative estimate of drug-likeness (QED) is 0.880. The predicted octanol–water partition coefficient (Wildman–Crippen LogP) is 2.17. The zero-order valence-electron chi connectivity index (χ0n) is 11.7. The lowest BCUT2D eigenvalue weighted by Crippen LogP contribution is -2.43. The molecule has 0 saturated carbocycles. The number of hydrogen-bond donors (Lipinski definition) is 2. The number of rotatable bonds is 4. The van der Waals surface area contributed by atoms with Crippen molar-refractivity contribution in [2.24, 2.45) is 0 Å². The Balaban J connectivity index is 2.61. The van der Waals surface area contributed by atoms with Crippen LogP contribution >= 0.6 is 0 Å². The second-order valence-electron chi connectivity index (χ2n) is 5.45. The molecule has 5 heteroatoms. The minimum absolute atomic E-state index is 0.00606. The van der Waals surface area contributed by atoms with E-state index in [1.165, 1.54) is 12.1 Å². The van der Waals surface area contributed by atoms with Crippen LogP contribution in [0.25, 0.3) is 0 Å². The number of benzene rings is 1. The fraction of sp³-hybridized carbons (Fsp3) is 0.500. The highest BCUT2D eigenvalue weighted by Crippen LogP contribution is 2.21. The van der Waals surface area contributed by atoms with Crippen molar-refractivity contribution >= 4 is 5.91 Å². The molecule has 1 aromatic rings. The molecular weight excluding hydrogens is 249 g/mol. The lowest BCUT2D eigenvalue weighted by Gasteiger charge is -2.20. The molecule has 106 valence electrons. The highest BCUT2D eigenvalue weighted by atomic mass is 19.1. The molecule has 1 rings (SSSR count). The number of aliphatic hydroxyl groups is 1. The first-order valence-corrected chi connectivity index (χ1v) is 6.10. The third kappa shape index (κ3) is 5.26. The van der Waals surface area contributed by atoms with Crippen LogP contribution < -0.4 is 10.1 Å². The van der Waals surface area contributed by atoms with E-state index in [0.717, 1.165) is 0 Å². The third-order valence-electron chi connectivity index (χ3n) is 2.31. The number of aliphatic hydroxyl groups excluding tert-OH is 1. The van der Waals surface area contributed by atoms with E-state index in [2.05, 4.69) is 5.32 Å². The zero-order chi connectivity index (χ0) is 14.6. The van der Waals surface area contributed by atoms with Crippen molar-refractivity contribution < 1.29 is 19.0 Å². The predicted molar refractivity (Wildman–Crippen MR) is 70.4 cm³/mol. The van der Waals surface area contributed by atoms with Crippen LogP contribution in [0.5, 0.6) is 5.75 Å². The second kappa shape index (κ2) is 6.02. The molecule has 0 aromatic heterocycles. The molecule has 0 fully saturated rings. The van der Waals surface area contributed by atoms with Crippen LogP contribution in [-0.2, 0) is 4.79 Å². The lowest BCUT2D eigenvalue weighted by atomic mass is 10.1. The van der Waals surface area contributed by atoms with E-state index in [-0.39, 0.29) is 23.8 Å². The average Bonchev–Trinajstić information content (AvgIpc) is 2.24. The summed E-state index contributed by atoms with van der Waals surface area (Å²) in [5, 5.41) is 12.0. The van der Waals surface area contributed by atoms with Gasteiger partial charge in [0.05, 0.1) is 6.10 Å². The van der Waals surface area contributed by atoms with Crippen LogP contribution in [0.3, 0.4) is 0 Å². The van der Waals surface area contributed by atoms with E-state index in [4.69, 9.17) is 4.74 Å². The zero-order valence-corrected chi connectivity index (χ0v) is 11.7. The van der Waals surface area contributed by atoms with Gasteiger partial charge in [-0.3, -0.25) is 4.79 Å². The molecule has 0 aliphatic heterocycles. The Hall–Kier alpha value is -1.62. The summed E-state index contributed by atoms with van der Waals surface area (Å²) in [6.45, 7) is 6.85. The van der Waals surface area contributed by atoms with Gasteiger partial charge in [-0.15, -0.1) is 0 Å².